The minimum Gasteiger partial charge on any atom is -0.397 e. The third-order valence-corrected chi connectivity index (χ3v) is 1.40. The zero-order valence-electron chi connectivity index (χ0n) is 7.16. The van der Waals surface area contributed by atoms with Crippen LogP contribution in [0.25, 0.3) is 0 Å². The number of hydrogen-bond acceptors (Lipinski definition) is 3. The van der Waals surface area contributed by atoms with Gasteiger partial charge in [0.05, 0.1) is 11.9 Å². The van der Waals surface area contributed by atoms with Gasteiger partial charge in [-0.2, -0.15) is 0 Å². The number of nitrogen functional groups attached to an aromatic ring is 1. The van der Waals surface area contributed by atoms with E-state index >= 15 is 0 Å². The summed E-state index contributed by atoms with van der Waals surface area (Å²) in [5, 5.41) is 0. The molecule has 0 aliphatic rings. The van der Waals surface area contributed by atoms with E-state index in [-0.39, 0.29) is 0 Å². The summed E-state index contributed by atoms with van der Waals surface area (Å²) < 4.78 is 0. The van der Waals surface area contributed by atoms with Crippen LogP contribution < -0.4 is 11.5 Å². The fourth-order valence-electron chi connectivity index (χ4n) is 0.848. The molecule has 0 saturated heterocycles. The maximum Gasteiger partial charge on any atom is 0.293 e. The highest BCUT2D eigenvalue weighted by Gasteiger charge is 1.96. The Bertz CT molecular complexity index is 401. The van der Waals surface area contributed by atoms with Gasteiger partial charge in [0.2, 0.25) is 0 Å². The van der Waals surface area contributed by atoms with Gasteiger partial charge in [-0.25, -0.2) is 4.98 Å². The minimum atomic E-state index is -0.668. The summed E-state index contributed by atoms with van der Waals surface area (Å²) in [5.74, 6) is 4.09. The van der Waals surface area contributed by atoms with Crippen LogP contribution in [0.15, 0.2) is 12.3 Å². The lowest BCUT2D eigenvalue weighted by Crippen LogP contribution is -2.06. The van der Waals surface area contributed by atoms with Crippen molar-refractivity contribution < 1.29 is 4.79 Å². The molecule has 0 saturated carbocycles. The standard InChI is InChI=1S/C9H9N3O/c1-6-4-7(10)5-12-8(6)2-3-9(11)13/h4-5H,10H2,1H3,(H2,11,13). The summed E-state index contributed by atoms with van der Waals surface area (Å²) in [6.07, 6.45) is 1.48. The van der Waals surface area contributed by atoms with Crippen LogP contribution in [0.1, 0.15) is 11.3 Å². The highest BCUT2D eigenvalue weighted by Crippen LogP contribution is 2.06. The van der Waals surface area contributed by atoms with Crippen molar-refractivity contribution in [2.75, 3.05) is 5.73 Å². The van der Waals surface area contributed by atoms with Gasteiger partial charge >= 0.3 is 0 Å². The average Bonchev–Trinajstić information content (AvgIpc) is 2.02. The van der Waals surface area contributed by atoms with Crippen molar-refractivity contribution in [2.24, 2.45) is 5.73 Å². The molecule has 0 aliphatic carbocycles. The van der Waals surface area contributed by atoms with Gasteiger partial charge in [-0.15, -0.1) is 0 Å². The Morgan fingerprint density at radius 3 is 2.85 bits per heavy atom. The molecule has 4 N–H and O–H groups in total. The molecule has 13 heavy (non-hydrogen) atoms. The van der Waals surface area contributed by atoms with Gasteiger partial charge in [0.1, 0.15) is 5.69 Å². The molecular weight excluding hydrogens is 166 g/mol. The summed E-state index contributed by atoms with van der Waals surface area (Å²) in [7, 11) is 0. The summed E-state index contributed by atoms with van der Waals surface area (Å²) in [6.45, 7) is 1.81. The number of primary amides is 1. The number of aryl methyl sites for hydroxylation is 1. The molecule has 0 radical (unpaired) electrons. The lowest BCUT2D eigenvalue weighted by Gasteiger charge is -1.97. The van der Waals surface area contributed by atoms with Gasteiger partial charge in [-0.1, -0.05) is 0 Å². The lowest BCUT2D eigenvalue weighted by molar-refractivity contribution is -0.112. The van der Waals surface area contributed by atoms with Gasteiger partial charge in [-0.3, -0.25) is 4.79 Å². The van der Waals surface area contributed by atoms with E-state index < -0.39 is 5.91 Å². The van der Waals surface area contributed by atoms with Crippen molar-refractivity contribution in [1.82, 2.24) is 4.98 Å². The fourth-order valence-corrected chi connectivity index (χ4v) is 0.848. The number of nitrogens with zero attached hydrogens (tertiary/aromatic N) is 1. The van der Waals surface area contributed by atoms with E-state index in [9.17, 15) is 4.79 Å². The Hall–Kier alpha value is -2.02. The van der Waals surface area contributed by atoms with Crippen LogP contribution in [0, 0.1) is 18.8 Å². The number of carbonyl (C=O) groups is 1. The van der Waals surface area contributed by atoms with Crippen molar-refractivity contribution in [2.45, 2.75) is 6.92 Å². The topological polar surface area (TPSA) is 82.0 Å². The molecule has 0 unspecified atom stereocenters. The molecule has 0 atom stereocenters. The molecule has 1 heterocycles. The van der Waals surface area contributed by atoms with Crippen molar-refractivity contribution >= 4 is 11.6 Å². The Labute approximate surface area is 76.0 Å². The molecule has 1 aromatic heterocycles. The second-order valence-corrected chi connectivity index (χ2v) is 2.55. The van der Waals surface area contributed by atoms with E-state index in [0.717, 1.165) is 5.56 Å². The number of nitrogens with two attached hydrogens (primary N) is 2. The predicted molar refractivity (Wildman–Crippen MR) is 49.5 cm³/mol. The minimum absolute atomic E-state index is 0.521. The molecule has 4 heteroatoms. The number of aromatic nitrogens is 1. The molecule has 0 bridgehead atoms. The molecule has 4 nitrogen and oxygen atoms in total. The van der Waals surface area contributed by atoms with Gasteiger partial charge in [0.25, 0.3) is 5.91 Å². The normalized spacial score (nSPS) is 8.69. The summed E-state index contributed by atoms with van der Waals surface area (Å²) in [5.41, 5.74) is 12.3. The van der Waals surface area contributed by atoms with Gasteiger partial charge in [-0.05, 0) is 24.5 Å². The number of amides is 1. The molecule has 66 valence electrons. The second-order valence-electron chi connectivity index (χ2n) is 2.55. The molecule has 1 rings (SSSR count). The molecule has 1 aromatic rings. The molecule has 0 aliphatic heterocycles. The van der Waals surface area contributed by atoms with E-state index in [1.54, 1.807) is 6.07 Å². The average molecular weight is 175 g/mol. The van der Waals surface area contributed by atoms with Crippen LogP contribution >= 0.6 is 0 Å². The SMILES string of the molecule is Cc1cc(N)cnc1C#CC(N)=O. The number of rotatable bonds is 0. The zero-order valence-corrected chi connectivity index (χ0v) is 7.16. The smallest absolute Gasteiger partial charge is 0.293 e. The number of hydrogen-bond donors (Lipinski definition) is 2. The zero-order chi connectivity index (χ0) is 9.84. The van der Waals surface area contributed by atoms with Crippen LogP contribution in [0.2, 0.25) is 0 Å². The highest BCUT2D eigenvalue weighted by atomic mass is 16.1. The van der Waals surface area contributed by atoms with E-state index in [2.05, 4.69) is 16.8 Å². The number of carbonyl (C=O) groups excluding carboxylic acids is 1. The van der Waals surface area contributed by atoms with Crippen molar-refractivity contribution in [3.8, 4) is 11.8 Å². The first-order chi connectivity index (χ1) is 6.09. The Morgan fingerprint density at radius 2 is 2.31 bits per heavy atom. The van der Waals surface area contributed by atoms with Crippen LogP contribution in [0.3, 0.4) is 0 Å². The first-order valence-electron chi connectivity index (χ1n) is 3.63. The van der Waals surface area contributed by atoms with Crippen LogP contribution in [0.5, 0.6) is 0 Å². The first-order valence-corrected chi connectivity index (χ1v) is 3.63. The van der Waals surface area contributed by atoms with E-state index in [0.29, 0.717) is 11.4 Å². The summed E-state index contributed by atoms with van der Waals surface area (Å²) >= 11 is 0. The largest absolute Gasteiger partial charge is 0.397 e. The number of pyridine rings is 1. The quantitative estimate of drug-likeness (QED) is 0.536. The predicted octanol–water partition coefficient (Wildman–Crippen LogP) is -0.191. The monoisotopic (exact) mass is 175 g/mol. The van der Waals surface area contributed by atoms with Crippen molar-refractivity contribution in [3.05, 3.63) is 23.5 Å². The third-order valence-electron chi connectivity index (χ3n) is 1.40. The molecule has 0 aromatic carbocycles. The third kappa shape index (κ3) is 2.49. The molecular formula is C9H9N3O. The Balaban J connectivity index is 3.05. The summed E-state index contributed by atoms with van der Waals surface area (Å²) in [6, 6.07) is 1.73. The Kier molecular flexibility index (Phi) is 2.50. The number of anilines is 1. The molecule has 0 fully saturated rings. The van der Waals surface area contributed by atoms with E-state index in [4.69, 9.17) is 11.5 Å². The highest BCUT2D eigenvalue weighted by molar-refractivity contribution is 5.92. The summed E-state index contributed by atoms with van der Waals surface area (Å²) in [4.78, 5) is 14.3. The van der Waals surface area contributed by atoms with E-state index in [1.165, 1.54) is 6.20 Å². The maximum atomic E-state index is 10.3. The molecule has 1 amide bonds. The van der Waals surface area contributed by atoms with Crippen LogP contribution in [0.4, 0.5) is 5.69 Å². The maximum absolute atomic E-state index is 10.3. The van der Waals surface area contributed by atoms with Crippen molar-refractivity contribution in [3.63, 3.8) is 0 Å². The molecule has 0 spiro atoms. The fraction of sp³-hybridized carbons (Fsp3) is 0.111. The van der Waals surface area contributed by atoms with E-state index in [1.807, 2.05) is 6.92 Å². The lowest BCUT2D eigenvalue weighted by atomic mass is 10.2. The van der Waals surface area contributed by atoms with Crippen molar-refractivity contribution in [1.29, 1.82) is 0 Å². The first kappa shape index (κ1) is 9.07. The van der Waals surface area contributed by atoms with Gasteiger partial charge < -0.3 is 11.5 Å². The van der Waals surface area contributed by atoms with Crippen LogP contribution in [-0.4, -0.2) is 10.9 Å². The van der Waals surface area contributed by atoms with Gasteiger partial charge in [0.15, 0.2) is 0 Å². The van der Waals surface area contributed by atoms with Crippen LogP contribution in [-0.2, 0) is 4.79 Å². The Morgan fingerprint density at radius 1 is 1.62 bits per heavy atom. The van der Waals surface area contributed by atoms with Gasteiger partial charge in [0, 0.05) is 5.92 Å². The second kappa shape index (κ2) is 3.59.